The Balaban J connectivity index is 2.65. The highest BCUT2D eigenvalue weighted by Crippen LogP contribution is 2.21. The van der Waals surface area contributed by atoms with Crippen LogP contribution in [0.2, 0.25) is 0 Å². The number of carboxylic acids is 1. The number of rotatable bonds is 4. The van der Waals surface area contributed by atoms with Crippen LogP contribution in [0.25, 0.3) is 0 Å². The Labute approximate surface area is 81.4 Å². The van der Waals surface area contributed by atoms with Crippen LogP contribution in [-0.2, 0) is 4.79 Å². The Morgan fingerprint density at radius 1 is 1.43 bits per heavy atom. The first kappa shape index (κ1) is 10.7. The zero-order valence-electron chi connectivity index (χ0n) is 7.56. The maximum Gasteiger partial charge on any atom is 0.305 e. The van der Waals surface area contributed by atoms with Crippen LogP contribution >= 0.6 is 0 Å². The van der Waals surface area contributed by atoms with E-state index in [0.29, 0.717) is 5.56 Å². The first-order chi connectivity index (χ1) is 6.61. The Hall–Kier alpha value is -1.42. The zero-order chi connectivity index (χ0) is 10.6. The van der Waals surface area contributed by atoms with Crippen molar-refractivity contribution >= 4 is 5.97 Å². The predicted octanol–water partition coefficient (Wildman–Crippen LogP) is 1.50. The molecule has 3 N–H and O–H groups in total. The van der Waals surface area contributed by atoms with Gasteiger partial charge in [-0.2, -0.15) is 0 Å². The maximum atomic E-state index is 13.5. The minimum Gasteiger partial charge on any atom is -0.481 e. The van der Waals surface area contributed by atoms with Crippen molar-refractivity contribution in [2.75, 3.05) is 0 Å². The molecular formula is C10H12FNO2. The second-order valence-electron chi connectivity index (χ2n) is 3.07. The molecule has 1 aromatic rings. The third kappa shape index (κ3) is 2.81. The van der Waals surface area contributed by atoms with Crippen molar-refractivity contribution in [3.63, 3.8) is 0 Å². The Bertz CT molecular complexity index is 302. The molecule has 0 saturated heterocycles. The molecule has 0 amide bonds. The summed E-state index contributed by atoms with van der Waals surface area (Å²) in [5, 5.41) is 8.43. The number of benzene rings is 1. The molecule has 0 radical (unpaired) electrons. The lowest BCUT2D eigenvalue weighted by molar-refractivity contribution is -0.137. The average Bonchev–Trinajstić information content (AvgIpc) is 2.17. The Morgan fingerprint density at radius 3 is 2.50 bits per heavy atom. The van der Waals surface area contributed by atoms with Crippen molar-refractivity contribution in [3.05, 3.63) is 35.9 Å². The quantitative estimate of drug-likeness (QED) is 0.768. The first-order valence-corrected chi connectivity index (χ1v) is 4.27. The smallest absolute Gasteiger partial charge is 0.305 e. The molecule has 0 heterocycles. The number of carbonyl (C=O) groups is 1. The topological polar surface area (TPSA) is 63.3 Å². The summed E-state index contributed by atoms with van der Waals surface area (Å²) in [5.41, 5.74) is 5.81. The minimum absolute atomic E-state index is 0.365. The van der Waals surface area contributed by atoms with E-state index in [1.165, 1.54) is 0 Å². The normalized spacial score (nSPS) is 14.7. The monoisotopic (exact) mass is 197 g/mol. The van der Waals surface area contributed by atoms with Gasteiger partial charge in [0.1, 0.15) is 6.17 Å². The van der Waals surface area contributed by atoms with E-state index in [4.69, 9.17) is 10.8 Å². The van der Waals surface area contributed by atoms with Crippen molar-refractivity contribution in [2.24, 2.45) is 5.73 Å². The zero-order valence-corrected chi connectivity index (χ0v) is 7.56. The van der Waals surface area contributed by atoms with Gasteiger partial charge in [0.05, 0.1) is 12.5 Å². The highest BCUT2D eigenvalue weighted by atomic mass is 19.1. The van der Waals surface area contributed by atoms with E-state index in [0.717, 1.165) is 0 Å². The Morgan fingerprint density at radius 2 is 2.00 bits per heavy atom. The van der Waals surface area contributed by atoms with Gasteiger partial charge in [0, 0.05) is 0 Å². The molecule has 0 fully saturated rings. The third-order valence-corrected chi connectivity index (χ3v) is 1.90. The van der Waals surface area contributed by atoms with Crippen LogP contribution in [0.1, 0.15) is 18.2 Å². The van der Waals surface area contributed by atoms with E-state index in [9.17, 15) is 9.18 Å². The van der Waals surface area contributed by atoms with Crippen LogP contribution < -0.4 is 5.73 Å². The second kappa shape index (κ2) is 4.72. The molecule has 1 aromatic carbocycles. The predicted molar refractivity (Wildman–Crippen MR) is 50.5 cm³/mol. The first-order valence-electron chi connectivity index (χ1n) is 4.27. The van der Waals surface area contributed by atoms with E-state index in [-0.39, 0.29) is 6.42 Å². The summed E-state index contributed by atoms with van der Waals surface area (Å²) >= 11 is 0. The number of alkyl halides is 1. The standard InChI is InChI=1S/C10H12FNO2/c11-10(8(12)6-9(13)14)7-4-2-1-3-5-7/h1-5,8,10H,6,12H2,(H,13,14). The number of hydrogen-bond donors (Lipinski definition) is 2. The molecule has 0 aromatic heterocycles. The summed E-state index contributed by atoms with van der Waals surface area (Å²) < 4.78 is 13.5. The number of aliphatic carboxylic acids is 1. The van der Waals surface area contributed by atoms with Crippen LogP contribution in [0.3, 0.4) is 0 Å². The number of nitrogens with two attached hydrogens (primary N) is 1. The summed E-state index contributed by atoms with van der Waals surface area (Å²) in [6.07, 6.45) is -1.79. The van der Waals surface area contributed by atoms with Crippen molar-refractivity contribution in [3.8, 4) is 0 Å². The Kier molecular flexibility index (Phi) is 3.59. The lowest BCUT2D eigenvalue weighted by Gasteiger charge is -2.14. The molecule has 2 atom stereocenters. The molecule has 0 spiro atoms. The van der Waals surface area contributed by atoms with Gasteiger partial charge in [-0.1, -0.05) is 30.3 Å². The van der Waals surface area contributed by atoms with Gasteiger partial charge in [0.2, 0.25) is 0 Å². The van der Waals surface area contributed by atoms with E-state index in [1.54, 1.807) is 30.3 Å². The molecule has 0 aliphatic heterocycles. The number of carboxylic acid groups (broad SMARTS) is 1. The third-order valence-electron chi connectivity index (χ3n) is 1.90. The molecule has 2 unspecified atom stereocenters. The van der Waals surface area contributed by atoms with E-state index in [2.05, 4.69) is 0 Å². The molecule has 1 rings (SSSR count). The molecule has 0 saturated carbocycles. The van der Waals surface area contributed by atoms with E-state index >= 15 is 0 Å². The molecule has 0 aliphatic carbocycles. The molecule has 76 valence electrons. The van der Waals surface area contributed by atoms with Gasteiger partial charge in [0.25, 0.3) is 0 Å². The minimum atomic E-state index is -1.42. The van der Waals surface area contributed by atoms with Gasteiger partial charge in [-0.05, 0) is 5.56 Å². The van der Waals surface area contributed by atoms with Gasteiger partial charge >= 0.3 is 5.97 Å². The fourth-order valence-electron chi connectivity index (χ4n) is 1.19. The lowest BCUT2D eigenvalue weighted by atomic mass is 10.0. The van der Waals surface area contributed by atoms with Gasteiger partial charge < -0.3 is 10.8 Å². The van der Waals surface area contributed by atoms with E-state index < -0.39 is 18.2 Å². The van der Waals surface area contributed by atoms with Crippen LogP contribution in [0.15, 0.2) is 30.3 Å². The fourth-order valence-corrected chi connectivity index (χ4v) is 1.19. The van der Waals surface area contributed by atoms with Crippen molar-refractivity contribution in [1.82, 2.24) is 0 Å². The molecule has 0 bridgehead atoms. The second-order valence-corrected chi connectivity index (χ2v) is 3.07. The van der Waals surface area contributed by atoms with Gasteiger partial charge in [-0.15, -0.1) is 0 Å². The average molecular weight is 197 g/mol. The van der Waals surface area contributed by atoms with Crippen LogP contribution in [-0.4, -0.2) is 17.1 Å². The highest BCUT2D eigenvalue weighted by Gasteiger charge is 2.20. The van der Waals surface area contributed by atoms with Crippen LogP contribution in [0.5, 0.6) is 0 Å². The van der Waals surface area contributed by atoms with Gasteiger partial charge in [-0.3, -0.25) is 4.79 Å². The van der Waals surface area contributed by atoms with Gasteiger partial charge in [0.15, 0.2) is 0 Å². The largest absolute Gasteiger partial charge is 0.481 e. The summed E-state index contributed by atoms with van der Waals surface area (Å²) in [7, 11) is 0. The van der Waals surface area contributed by atoms with Crippen LogP contribution in [0, 0.1) is 0 Å². The number of hydrogen-bond acceptors (Lipinski definition) is 2. The molecule has 14 heavy (non-hydrogen) atoms. The van der Waals surface area contributed by atoms with Crippen molar-refractivity contribution in [1.29, 1.82) is 0 Å². The summed E-state index contributed by atoms with van der Waals surface area (Å²) in [6, 6.07) is 7.33. The summed E-state index contributed by atoms with van der Waals surface area (Å²) in [6.45, 7) is 0. The maximum absolute atomic E-state index is 13.5. The molecule has 0 aliphatic rings. The molecule has 3 nitrogen and oxygen atoms in total. The lowest BCUT2D eigenvalue weighted by Crippen LogP contribution is -2.28. The summed E-state index contributed by atoms with van der Waals surface area (Å²) in [5.74, 6) is -1.09. The summed E-state index contributed by atoms with van der Waals surface area (Å²) in [4.78, 5) is 10.3. The van der Waals surface area contributed by atoms with Crippen molar-refractivity contribution in [2.45, 2.75) is 18.6 Å². The van der Waals surface area contributed by atoms with E-state index in [1.807, 2.05) is 0 Å². The SMILES string of the molecule is NC(CC(=O)O)C(F)c1ccccc1. The number of halogens is 1. The van der Waals surface area contributed by atoms with Crippen LogP contribution in [0.4, 0.5) is 4.39 Å². The van der Waals surface area contributed by atoms with Gasteiger partial charge in [-0.25, -0.2) is 4.39 Å². The fraction of sp³-hybridized carbons (Fsp3) is 0.300. The highest BCUT2D eigenvalue weighted by molar-refractivity contribution is 5.67. The van der Waals surface area contributed by atoms with Crippen molar-refractivity contribution < 1.29 is 14.3 Å². The molecular weight excluding hydrogens is 185 g/mol. The molecule has 4 heteroatoms.